The van der Waals surface area contributed by atoms with Gasteiger partial charge >= 0.3 is 0 Å². The topological polar surface area (TPSA) is 123 Å². The van der Waals surface area contributed by atoms with Crippen molar-refractivity contribution in [2.75, 3.05) is 42.2 Å². The van der Waals surface area contributed by atoms with Gasteiger partial charge in [-0.05, 0) is 45.6 Å². The molecule has 2 bridgehead atoms. The number of aliphatic imine (C=N–C) groups is 1. The average molecular weight is 550 g/mol. The molecule has 6 aliphatic rings. The van der Waals surface area contributed by atoms with Crippen LogP contribution in [0.1, 0.15) is 51.5 Å². The van der Waals surface area contributed by atoms with E-state index in [4.69, 9.17) is 9.97 Å². The first-order chi connectivity index (χ1) is 18.6. The maximum absolute atomic E-state index is 13.6. The summed E-state index contributed by atoms with van der Waals surface area (Å²) in [6.07, 6.45) is 9.02. The van der Waals surface area contributed by atoms with Gasteiger partial charge in [-0.1, -0.05) is 19.1 Å². The van der Waals surface area contributed by atoms with Crippen molar-refractivity contribution < 1.29 is 13.2 Å². The number of amidine groups is 1. The van der Waals surface area contributed by atoms with Crippen LogP contribution in [0.3, 0.4) is 0 Å². The lowest BCUT2D eigenvalue weighted by atomic mass is 9.66. The molecule has 0 aromatic carbocycles. The quantitative estimate of drug-likeness (QED) is 0.243. The minimum Gasteiger partial charge on any atom is -0.350 e. The zero-order valence-corrected chi connectivity index (χ0v) is 23.6. The smallest absolute Gasteiger partial charge is 0.230 e. The van der Waals surface area contributed by atoms with Crippen LogP contribution in [0.5, 0.6) is 0 Å². The van der Waals surface area contributed by atoms with E-state index in [1.165, 1.54) is 6.08 Å². The third-order valence-corrected chi connectivity index (χ3v) is 12.0. The maximum atomic E-state index is 13.6. The Labute approximate surface area is 230 Å². The summed E-state index contributed by atoms with van der Waals surface area (Å²) in [5.74, 6) is 2.40. The number of aromatic nitrogens is 2. The molecule has 2 aliphatic carbocycles. The Kier molecular flexibility index (Phi) is 5.92. The summed E-state index contributed by atoms with van der Waals surface area (Å²) < 4.78 is 24.7. The molecule has 206 valence electrons. The fourth-order valence-electron chi connectivity index (χ4n) is 7.39. The molecule has 11 heteroatoms. The highest BCUT2D eigenvalue weighted by atomic mass is 32.2. The number of hydrogen-bond donors (Lipinski definition) is 0. The van der Waals surface area contributed by atoms with Gasteiger partial charge < -0.3 is 14.7 Å². The lowest BCUT2D eigenvalue weighted by Gasteiger charge is -2.49. The van der Waals surface area contributed by atoms with Gasteiger partial charge in [-0.15, -0.1) is 0 Å². The zero-order chi connectivity index (χ0) is 27.7. The number of anilines is 2. The molecule has 0 N–H and O–H groups in total. The number of amides is 1. The summed E-state index contributed by atoms with van der Waals surface area (Å²) in [5, 5.41) is 9.13. The number of fused-ring (bicyclic) bond motifs is 3. The Balaban J connectivity index is 1.31. The van der Waals surface area contributed by atoms with Crippen LogP contribution in [0, 0.1) is 16.7 Å². The summed E-state index contributed by atoms with van der Waals surface area (Å²) in [6.45, 7) is 9.76. The summed E-state index contributed by atoms with van der Waals surface area (Å²) in [6, 6.07) is 2.09. The van der Waals surface area contributed by atoms with Crippen molar-refractivity contribution in [2.45, 2.75) is 68.7 Å². The van der Waals surface area contributed by atoms with E-state index in [9.17, 15) is 18.5 Å². The number of carbonyl (C=O) groups is 1. The van der Waals surface area contributed by atoms with Crippen molar-refractivity contribution in [3.8, 4) is 6.07 Å². The van der Waals surface area contributed by atoms with Crippen molar-refractivity contribution in [3.63, 3.8) is 0 Å². The van der Waals surface area contributed by atoms with Crippen LogP contribution in [-0.2, 0) is 20.0 Å². The predicted molar refractivity (Wildman–Crippen MR) is 149 cm³/mol. The summed E-state index contributed by atoms with van der Waals surface area (Å²) >= 11 is 0. The third-order valence-electron chi connectivity index (χ3n) is 9.70. The Hall–Kier alpha value is -3.26. The van der Waals surface area contributed by atoms with Gasteiger partial charge in [0.1, 0.15) is 23.8 Å². The van der Waals surface area contributed by atoms with Crippen LogP contribution < -0.4 is 9.80 Å². The molecule has 0 unspecified atom stereocenters. The molecule has 7 rings (SSSR count). The maximum Gasteiger partial charge on any atom is 0.230 e. The molecule has 2 atom stereocenters. The fraction of sp³-hybridized carbons (Fsp3) is 0.607. The van der Waals surface area contributed by atoms with Crippen LogP contribution >= 0.6 is 0 Å². The lowest BCUT2D eigenvalue weighted by Crippen LogP contribution is -2.62. The lowest BCUT2D eigenvalue weighted by molar-refractivity contribution is -0.147. The highest BCUT2D eigenvalue weighted by Gasteiger charge is 2.65. The molecule has 39 heavy (non-hydrogen) atoms. The van der Waals surface area contributed by atoms with Gasteiger partial charge in [0.15, 0.2) is 9.84 Å². The number of piperazine rings is 1. The second kappa shape index (κ2) is 8.88. The van der Waals surface area contributed by atoms with E-state index >= 15 is 0 Å². The van der Waals surface area contributed by atoms with E-state index in [0.29, 0.717) is 37.3 Å². The number of nitrogens with zero attached hydrogens (tertiary/aromatic N) is 7. The fourth-order valence-corrected chi connectivity index (χ4v) is 9.90. The molecule has 5 fully saturated rings. The van der Waals surface area contributed by atoms with Crippen molar-refractivity contribution in [2.24, 2.45) is 10.4 Å². The van der Waals surface area contributed by atoms with Crippen molar-refractivity contribution in [1.82, 2.24) is 14.9 Å². The second-order valence-corrected chi connectivity index (χ2v) is 14.3. The molecule has 4 aliphatic heterocycles. The van der Waals surface area contributed by atoms with Gasteiger partial charge in [0, 0.05) is 49.7 Å². The van der Waals surface area contributed by atoms with E-state index in [0.717, 1.165) is 43.0 Å². The van der Waals surface area contributed by atoms with Crippen LogP contribution in [0.25, 0.3) is 0 Å². The molecule has 1 aromatic rings. The SMILES string of the molecule is C=C/C(C#N)=C\C(=NC)N1CC2(CCC2)c2c1ncnc2N1C[C@@H](C)N(C(=O)C23CC(C2)S(=O)(=O)C3)C[C@@H]1C. The number of hydrogen-bond acceptors (Lipinski definition) is 8. The minimum atomic E-state index is -3.14. The molecule has 10 nitrogen and oxygen atoms in total. The summed E-state index contributed by atoms with van der Waals surface area (Å²) in [7, 11) is -1.42. The number of nitriles is 1. The van der Waals surface area contributed by atoms with Crippen LogP contribution in [0.2, 0.25) is 0 Å². The Morgan fingerprint density at radius 2 is 1.92 bits per heavy atom. The molecule has 3 saturated heterocycles. The number of allylic oxidation sites excluding steroid dienone is 2. The van der Waals surface area contributed by atoms with E-state index in [-0.39, 0.29) is 34.4 Å². The Morgan fingerprint density at radius 3 is 2.49 bits per heavy atom. The first-order valence-electron chi connectivity index (χ1n) is 13.7. The second-order valence-electron chi connectivity index (χ2n) is 12.0. The van der Waals surface area contributed by atoms with Gasteiger partial charge in [0.25, 0.3) is 0 Å². The molecule has 2 saturated carbocycles. The molecule has 0 radical (unpaired) electrons. The predicted octanol–water partition coefficient (Wildman–Crippen LogP) is 2.39. The normalized spacial score (nSPS) is 32.4. The van der Waals surface area contributed by atoms with E-state index < -0.39 is 15.3 Å². The summed E-state index contributed by atoms with van der Waals surface area (Å²) in [5.41, 5.74) is 0.773. The molecule has 1 spiro atoms. The first kappa shape index (κ1) is 26.0. The Bertz CT molecular complexity index is 1450. The number of sulfone groups is 1. The molecule has 5 heterocycles. The zero-order valence-electron chi connectivity index (χ0n) is 22.8. The van der Waals surface area contributed by atoms with E-state index in [2.05, 4.69) is 34.4 Å². The largest absolute Gasteiger partial charge is 0.350 e. The number of rotatable bonds is 4. The molecule has 1 amide bonds. The Morgan fingerprint density at radius 1 is 1.21 bits per heavy atom. The first-order valence-corrected chi connectivity index (χ1v) is 15.4. The van der Waals surface area contributed by atoms with Crippen LogP contribution in [-0.4, -0.2) is 84.8 Å². The highest BCUT2D eigenvalue weighted by molar-refractivity contribution is 7.92. The highest BCUT2D eigenvalue weighted by Crippen LogP contribution is 2.56. The monoisotopic (exact) mass is 549 g/mol. The van der Waals surface area contributed by atoms with Crippen molar-refractivity contribution in [3.05, 3.63) is 36.2 Å². The van der Waals surface area contributed by atoms with E-state index in [1.807, 2.05) is 11.8 Å². The van der Waals surface area contributed by atoms with Crippen molar-refractivity contribution >= 4 is 33.2 Å². The molecular formula is C28H35N7O3S. The van der Waals surface area contributed by atoms with E-state index in [1.54, 1.807) is 19.5 Å². The summed E-state index contributed by atoms with van der Waals surface area (Å²) in [4.78, 5) is 34.0. The van der Waals surface area contributed by atoms with Gasteiger partial charge in [-0.2, -0.15) is 5.26 Å². The molecular weight excluding hydrogens is 514 g/mol. The number of carbonyl (C=O) groups excluding carboxylic acids is 1. The average Bonchev–Trinajstić information content (AvgIpc) is 3.47. The minimum absolute atomic E-state index is 0.000480. The van der Waals surface area contributed by atoms with Gasteiger partial charge in [0.2, 0.25) is 5.91 Å². The standard InChI is InChI=1S/C28H35N7O3S/c1-5-20(12-29)9-22(30-4)35-15-27(7-6-8-27)23-24(31-17-32-25(23)35)33-13-19(3)34(14-18(33)2)26(36)28-10-21(11-28)39(37,38)16-28/h5,9,17-19,21H,1,6-8,10-11,13-16H2,2-4H3/b20-9+,30-22?/t18-,19+,21?,28?/m0/s1. The van der Waals surface area contributed by atoms with Crippen molar-refractivity contribution in [1.29, 1.82) is 5.26 Å². The van der Waals surface area contributed by atoms with Crippen LogP contribution in [0.4, 0.5) is 11.6 Å². The van der Waals surface area contributed by atoms with Gasteiger partial charge in [0.05, 0.1) is 28.1 Å². The third kappa shape index (κ3) is 3.74. The van der Waals surface area contributed by atoms with Crippen LogP contribution in [0.15, 0.2) is 35.6 Å². The molecule has 1 aromatic heterocycles. The van der Waals surface area contributed by atoms with Gasteiger partial charge in [-0.25, -0.2) is 18.4 Å². The van der Waals surface area contributed by atoms with Gasteiger partial charge in [-0.3, -0.25) is 9.79 Å².